The third-order valence-electron chi connectivity index (χ3n) is 10.9. The molecule has 0 aliphatic heterocycles. The molecule has 56 heavy (non-hydrogen) atoms. The summed E-state index contributed by atoms with van der Waals surface area (Å²) in [6.45, 7) is 0. The fourth-order valence-corrected chi connectivity index (χ4v) is 11.3. The summed E-state index contributed by atoms with van der Waals surface area (Å²) in [4.78, 5) is 4.85. The molecule has 0 spiro atoms. The molecule has 2 heterocycles. The molecule has 0 saturated carbocycles. The van der Waals surface area contributed by atoms with Gasteiger partial charge in [0.1, 0.15) is 0 Å². The second-order valence-corrected chi connectivity index (χ2v) is 16.3. The standard InChI is InChI=1S/C52H35N3Se/c1-4-17-37(18-5-1)53(42-31-33-45-44-26-12-13-28-48(44)55(50(45)35-42)39-21-8-3-9-22-39)40-23-14-24-41(34-40)54(38-19-6-2-7-20-38)49-29-15-27-46-47-32-30-36-16-10-11-25-43(36)51(47)56-52(46)49/h1-35H. The monoisotopic (exact) mass is 781 g/mol. The quantitative estimate of drug-likeness (QED) is 0.149. The van der Waals surface area contributed by atoms with Gasteiger partial charge in [0.05, 0.1) is 0 Å². The summed E-state index contributed by atoms with van der Waals surface area (Å²) in [5, 5.41) is 7.85. The molecule has 0 N–H and O–H groups in total. The first-order chi connectivity index (χ1) is 27.8. The molecule has 0 radical (unpaired) electrons. The molecule has 0 saturated heterocycles. The third-order valence-corrected chi connectivity index (χ3v) is 13.6. The van der Waals surface area contributed by atoms with Crippen LogP contribution in [0.5, 0.6) is 0 Å². The number of rotatable bonds is 7. The Hall–Kier alpha value is -6.84. The molecule has 11 rings (SSSR count). The molecular formula is C52H35N3Se. The van der Waals surface area contributed by atoms with Crippen molar-refractivity contribution >= 4 is 100 Å². The molecule has 0 amide bonds. The van der Waals surface area contributed by atoms with E-state index >= 15 is 0 Å². The van der Waals surface area contributed by atoms with Crippen molar-refractivity contribution in [3.8, 4) is 5.69 Å². The van der Waals surface area contributed by atoms with E-state index in [-0.39, 0.29) is 14.5 Å². The van der Waals surface area contributed by atoms with Gasteiger partial charge in [0.2, 0.25) is 0 Å². The topological polar surface area (TPSA) is 11.4 Å². The molecular weight excluding hydrogens is 746 g/mol. The van der Waals surface area contributed by atoms with Gasteiger partial charge in [-0.1, -0.05) is 36.4 Å². The van der Waals surface area contributed by atoms with Crippen molar-refractivity contribution in [2.75, 3.05) is 9.80 Å². The van der Waals surface area contributed by atoms with Crippen molar-refractivity contribution in [2.45, 2.75) is 0 Å². The first-order valence-electron chi connectivity index (χ1n) is 19.0. The van der Waals surface area contributed by atoms with Gasteiger partial charge < -0.3 is 0 Å². The molecule has 0 unspecified atom stereocenters. The Morgan fingerprint density at radius 2 is 0.857 bits per heavy atom. The van der Waals surface area contributed by atoms with E-state index in [4.69, 9.17) is 0 Å². The van der Waals surface area contributed by atoms with Gasteiger partial charge in [-0.15, -0.1) is 0 Å². The number of aromatic nitrogens is 1. The Kier molecular flexibility index (Phi) is 7.84. The molecule has 0 aliphatic rings. The summed E-state index contributed by atoms with van der Waals surface area (Å²) in [6.07, 6.45) is 0. The zero-order valence-corrected chi connectivity index (χ0v) is 32.2. The van der Waals surface area contributed by atoms with Gasteiger partial charge in [-0.2, -0.15) is 0 Å². The number of para-hydroxylation sites is 4. The van der Waals surface area contributed by atoms with Gasteiger partial charge in [-0.25, -0.2) is 0 Å². The van der Waals surface area contributed by atoms with Crippen LogP contribution in [0.25, 0.3) is 57.6 Å². The molecule has 0 bridgehead atoms. The zero-order valence-electron chi connectivity index (χ0n) is 30.5. The van der Waals surface area contributed by atoms with Crippen LogP contribution in [0.15, 0.2) is 212 Å². The van der Waals surface area contributed by atoms with Crippen molar-refractivity contribution in [2.24, 2.45) is 0 Å². The number of benzene rings is 9. The van der Waals surface area contributed by atoms with Crippen molar-refractivity contribution in [3.63, 3.8) is 0 Å². The molecule has 0 atom stereocenters. The molecule has 3 nitrogen and oxygen atoms in total. The molecule has 0 aliphatic carbocycles. The molecule has 0 fully saturated rings. The SMILES string of the molecule is c1ccc(N(c2cccc(N(c3ccccc3)c3cccc4c3[se]c3c5ccccc5ccc43)c2)c2ccc3c4ccccc4n(-c4ccccc4)c3c2)cc1. The van der Waals surface area contributed by atoms with E-state index in [9.17, 15) is 0 Å². The van der Waals surface area contributed by atoms with Crippen LogP contribution in [-0.4, -0.2) is 19.1 Å². The molecule has 4 heteroatoms. The number of hydrogen-bond donors (Lipinski definition) is 0. The predicted molar refractivity (Wildman–Crippen MR) is 240 cm³/mol. The van der Waals surface area contributed by atoms with Crippen LogP contribution in [0.2, 0.25) is 0 Å². The van der Waals surface area contributed by atoms with Crippen molar-refractivity contribution in [1.29, 1.82) is 0 Å². The summed E-state index contributed by atoms with van der Waals surface area (Å²) in [5.41, 5.74) is 10.3. The molecule has 9 aromatic carbocycles. The Labute approximate surface area is 331 Å². The van der Waals surface area contributed by atoms with Gasteiger partial charge in [0, 0.05) is 0 Å². The van der Waals surface area contributed by atoms with Crippen LogP contribution in [0.4, 0.5) is 34.1 Å². The molecule has 11 aromatic rings. The average molecular weight is 781 g/mol. The summed E-state index contributed by atoms with van der Waals surface area (Å²) in [6, 6.07) is 77.2. The van der Waals surface area contributed by atoms with Gasteiger partial charge >= 0.3 is 278 Å². The van der Waals surface area contributed by atoms with E-state index in [1.807, 2.05) is 0 Å². The van der Waals surface area contributed by atoms with Crippen LogP contribution in [-0.2, 0) is 0 Å². The number of hydrogen-bond acceptors (Lipinski definition) is 2. The Morgan fingerprint density at radius 3 is 1.64 bits per heavy atom. The van der Waals surface area contributed by atoms with E-state index in [1.165, 1.54) is 57.6 Å². The van der Waals surface area contributed by atoms with Crippen molar-refractivity contribution in [3.05, 3.63) is 212 Å². The first-order valence-corrected chi connectivity index (χ1v) is 20.7. The normalized spacial score (nSPS) is 11.6. The molecule has 2 aromatic heterocycles. The third kappa shape index (κ3) is 5.34. The summed E-state index contributed by atoms with van der Waals surface area (Å²) < 4.78 is 5.28. The van der Waals surface area contributed by atoms with Crippen LogP contribution in [0, 0.1) is 0 Å². The summed E-state index contributed by atoms with van der Waals surface area (Å²) in [7, 11) is 0. The Bertz CT molecular complexity index is 3200. The fraction of sp³-hybridized carbons (Fsp3) is 0. The van der Waals surface area contributed by atoms with Crippen LogP contribution in [0.1, 0.15) is 0 Å². The first kappa shape index (κ1) is 32.6. The van der Waals surface area contributed by atoms with Crippen molar-refractivity contribution in [1.82, 2.24) is 4.57 Å². The van der Waals surface area contributed by atoms with Crippen LogP contribution in [0.3, 0.4) is 0 Å². The zero-order chi connectivity index (χ0) is 37.0. The van der Waals surface area contributed by atoms with Gasteiger partial charge in [0.15, 0.2) is 0 Å². The Morgan fingerprint density at radius 1 is 0.321 bits per heavy atom. The fourth-order valence-electron chi connectivity index (χ4n) is 8.44. The predicted octanol–water partition coefficient (Wildman–Crippen LogP) is 14.2. The van der Waals surface area contributed by atoms with Crippen molar-refractivity contribution < 1.29 is 0 Å². The number of anilines is 6. The van der Waals surface area contributed by atoms with E-state index < -0.39 is 0 Å². The number of nitrogens with zero attached hydrogens (tertiary/aromatic N) is 3. The average Bonchev–Trinajstić information content (AvgIpc) is 3.82. The minimum absolute atomic E-state index is 0.134. The van der Waals surface area contributed by atoms with E-state index in [0.717, 1.165) is 34.1 Å². The summed E-state index contributed by atoms with van der Waals surface area (Å²) >= 11 is 0.134. The van der Waals surface area contributed by atoms with Crippen LogP contribution < -0.4 is 9.80 Å². The second-order valence-electron chi connectivity index (χ2n) is 14.2. The molecule has 264 valence electrons. The van der Waals surface area contributed by atoms with Gasteiger partial charge in [-0.3, -0.25) is 0 Å². The second kappa shape index (κ2) is 13.5. The number of fused-ring (bicyclic) bond motifs is 8. The van der Waals surface area contributed by atoms with Crippen LogP contribution >= 0.6 is 0 Å². The maximum absolute atomic E-state index is 2.46. The summed E-state index contributed by atoms with van der Waals surface area (Å²) in [5.74, 6) is 0. The van der Waals surface area contributed by atoms with Gasteiger partial charge in [0.25, 0.3) is 0 Å². The van der Waals surface area contributed by atoms with E-state index in [1.54, 1.807) is 0 Å². The maximum atomic E-state index is 2.46. The van der Waals surface area contributed by atoms with E-state index in [0.29, 0.717) is 0 Å². The Balaban J connectivity index is 1.12. The van der Waals surface area contributed by atoms with E-state index in [2.05, 4.69) is 227 Å². The van der Waals surface area contributed by atoms with Gasteiger partial charge in [-0.05, 0) is 18.2 Å². The minimum atomic E-state index is 0.134.